The van der Waals surface area contributed by atoms with E-state index in [0.29, 0.717) is 25.3 Å². The number of piperazine rings is 1. The molecule has 1 saturated heterocycles. The molecule has 1 aliphatic heterocycles. The standard InChI is InChI=1S/C20H24N4O3/c1-14-7-8-18(15(2)21-14)22-20(26)24-10-9-23(19(25)13-24)12-16-5-4-6-17(11-16)27-3/h4-8,11H,9-10,12-13H2,1-3H3,(H,22,26). The van der Waals surface area contributed by atoms with Crippen molar-refractivity contribution in [3.05, 3.63) is 53.3 Å². The molecule has 142 valence electrons. The van der Waals surface area contributed by atoms with Crippen molar-refractivity contribution >= 4 is 17.6 Å². The molecule has 3 amide bonds. The SMILES string of the molecule is COc1cccc(CN2CCN(C(=O)Nc3ccc(C)nc3C)CC2=O)c1. The molecule has 0 atom stereocenters. The maximum Gasteiger partial charge on any atom is 0.322 e. The Kier molecular flexibility index (Phi) is 5.59. The quantitative estimate of drug-likeness (QED) is 0.900. The van der Waals surface area contributed by atoms with Gasteiger partial charge in [0.15, 0.2) is 0 Å². The van der Waals surface area contributed by atoms with Crippen molar-refractivity contribution in [1.82, 2.24) is 14.8 Å². The fourth-order valence-corrected chi connectivity index (χ4v) is 3.05. The van der Waals surface area contributed by atoms with Gasteiger partial charge in [-0.1, -0.05) is 12.1 Å². The summed E-state index contributed by atoms with van der Waals surface area (Å²) in [5, 5.41) is 2.84. The maximum absolute atomic E-state index is 12.5. The molecule has 0 aliphatic carbocycles. The van der Waals surface area contributed by atoms with E-state index in [0.717, 1.165) is 22.7 Å². The van der Waals surface area contributed by atoms with Crippen LogP contribution in [0.1, 0.15) is 17.0 Å². The Hall–Kier alpha value is -3.09. The highest BCUT2D eigenvalue weighted by molar-refractivity contribution is 5.93. The van der Waals surface area contributed by atoms with Crippen LogP contribution in [-0.2, 0) is 11.3 Å². The number of hydrogen-bond donors (Lipinski definition) is 1. The summed E-state index contributed by atoms with van der Waals surface area (Å²) in [6.45, 7) is 5.30. The second kappa shape index (κ2) is 8.07. The van der Waals surface area contributed by atoms with Crippen LogP contribution in [0.25, 0.3) is 0 Å². The minimum Gasteiger partial charge on any atom is -0.497 e. The Bertz CT molecular complexity index is 853. The van der Waals surface area contributed by atoms with Crippen LogP contribution in [0.4, 0.5) is 10.5 Å². The molecule has 2 aromatic rings. The van der Waals surface area contributed by atoms with Crippen LogP contribution in [0.3, 0.4) is 0 Å². The molecule has 0 saturated carbocycles. The van der Waals surface area contributed by atoms with Crippen LogP contribution in [0.5, 0.6) is 5.75 Å². The van der Waals surface area contributed by atoms with Gasteiger partial charge in [0, 0.05) is 25.3 Å². The van der Waals surface area contributed by atoms with Gasteiger partial charge in [-0.15, -0.1) is 0 Å². The van der Waals surface area contributed by atoms with Gasteiger partial charge in [-0.3, -0.25) is 9.78 Å². The Labute approximate surface area is 158 Å². The number of anilines is 1. The smallest absolute Gasteiger partial charge is 0.322 e. The third-order valence-electron chi connectivity index (χ3n) is 4.58. The molecule has 2 heterocycles. The number of hydrogen-bond acceptors (Lipinski definition) is 4. The largest absolute Gasteiger partial charge is 0.497 e. The Morgan fingerprint density at radius 3 is 2.74 bits per heavy atom. The highest BCUT2D eigenvalue weighted by Crippen LogP contribution is 2.17. The molecule has 3 rings (SSSR count). The van der Waals surface area contributed by atoms with E-state index in [2.05, 4.69) is 10.3 Å². The summed E-state index contributed by atoms with van der Waals surface area (Å²) in [6, 6.07) is 11.0. The van der Waals surface area contributed by atoms with E-state index in [4.69, 9.17) is 4.74 Å². The fraction of sp³-hybridized carbons (Fsp3) is 0.350. The molecular weight excluding hydrogens is 344 g/mol. The van der Waals surface area contributed by atoms with E-state index in [9.17, 15) is 9.59 Å². The Balaban J connectivity index is 1.59. The van der Waals surface area contributed by atoms with Gasteiger partial charge in [0.25, 0.3) is 0 Å². The van der Waals surface area contributed by atoms with Gasteiger partial charge >= 0.3 is 6.03 Å². The number of nitrogens with one attached hydrogen (secondary N) is 1. The normalized spacial score (nSPS) is 14.3. The molecule has 7 nitrogen and oxygen atoms in total. The highest BCUT2D eigenvalue weighted by atomic mass is 16.5. The Morgan fingerprint density at radius 1 is 1.22 bits per heavy atom. The molecular formula is C20H24N4O3. The number of amides is 3. The number of pyridine rings is 1. The van der Waals surface area contributed by atoms with Crippen LogP contribution in [-0.4, -0.2) is 53.5 Å². The monoisotopic (exact) mass is 368 g/mol. The van der Waals surface area contributed by atoms with Crippen molar-refractivity contribution in [3.8, 4) is 5.75 Å². The lowest BCUT2D eigenvalue weighted by molar-refractivity contribution is -0.135. The van der Waals surface area contributed by atoms with Crippen LogP contribution in [0.2, 0.25) is 0 Å². The first-order chi connectivity index (χ1) is 13.0. The lowest BCUT2D eigenvalue weighted by Gasteiger charge is -2.34. The fourth-order valence-electron chi connectivity index (χ4n) is 3.05. The third-order valence-corrected chi connectivity index (χ3v) is 4.58. The van der Waals surface area contributed by atoms with Gasteiger partial charge in [0.1, 0.15) is 12.3 Å². The van der Waals surface area contributed by atoms with Gasteiger partial charge in [-0.05, 0) is 43.7 Å². The summed E-state index contributed by atoms with van der Waals surface area (Å²) in [5.74, 6) is 0.693. The lowest BCUT2D eigenvalue weighted by Crippen LogP contribution is -2.52. The number of ether oxygens (including phenoxy) is 1. The summed E-state index contributed by atoms with van der Waals surface area (Å²) in [7, 11) is 1.62. The van der Waals surface area contributed by atoms with Gasteiger partial charge in [-0.2, -0.15) is 0 Å². The number of benzene rings is 1. The summed E-state index contributed by atoms with van der Waals surface area (Å²) in [4.78, 5) is 32.6. The third kappa shape index (κ3) is 4.55. The number of nitrogens with zero attached hydrogens (tertiary/aromatic N) is 3. The van der Waals surface area contributed by atoms with Gasteiger partial charge in [0.05, 0.1) is 18.5 Å². The number of urea groups is 1. The van der Waals surface area contributed by atoms with Crippen LogP contribution in [0.15, 0.2) is 36.4 Å². The highest BCUT2D eigenvalue weighted by Gasteiger charge is 2.27. The number of methoxy groups -OCH3 is 1. The van der Waals surface area contributed by atoms with Crippen LogP contribution < -0.4 is 10.1 Å². The van der Waals surface area contributed by atoms with E-state index in [1.54, 1.807) is 12.0 Å². The summed E-state index contributed by atoms with van der Waals surface area (Å²) in [5.41, 5.74) is 3.32. The van der Waals surface area contributed by atoms with Gasteiger partial charge in [-0.25, -0.2) is 4.79 Å². The molecule has 0 bridgehead atoms. The molecule has 1 aromatic carbocycles. The molecule has 1 fully saturated rings. The van der Waals surface area contributed by atoms with Crippen molar-refractivity contribution in [2.45, 2.75) is 20.4 Å². The molecule has 7 heteroatoms. The molecule has 1 aromatic heterocycles. The van der Waals surface area contributed by atoms with Crippen LogP contribution >= 0.6 is 0 Å². The van der Waals surface area contributed by atoms with Crippen molar-refractivity contribution in [1.29, 1.82) is 0 Å². The molecule has 0 radical (unpaired) electrons. The average Bonchev–Trinajstić information content (AvgIpc) is 2.65. The van der Waals surface area contributed by atoms with Crippen molar-refractivity contribution in [2.24, 2.45) is 0 Å². The number of carbonyl (C=O) groups excluding carboxylic acids is 2. The number of rotatable bonds is 4. The zero-order chi connectivity index (χ0) is 19.4. The number of carbonyl (C=O) groups is 2. The maximum atomic E-state index is 12.5. The lowest BCUT2D eigenvalue weighted by atomic mass is 10.2. The second-order valence-electron chi connectivity index (χ2n) is 6.60. The van der Waals surface area contributed by atoms with E-state index < -0.39 is 0 Å². The predicted octanol–water partition coefficient (Wildman–Crippen LogP) is 2.58. The topological polar surface area (TPSA) is 74.8 Å². The van der Waals surface area contributed by atoms with Crippen molar-refractivity contribution in [2.75, 3.05) is 32.1 Å². The summed E-state index contributed by atoms with van der Waals surface area (Å²) in [6.07, 6.45) is 0. The van der Waals surface area contributed by atoms with Gasteiger partial charge < -0.3 is 19.9 Å². The molecule has 1 N–H and O–H groups in total. The summed E-state index contributed by atoms with van der Waals surface area (Å²) < 4.78 is 5.22. The summed E-state index contributed by atoms with van der Waals surface area (Å²) >= 11 is 0. The Morgan fingerprint density at radius 2 is 2.04 bits per heavy atom. The predicted molar refractivity (Wildman–Crippen MR) is 103 cm³/mol. The first-order valence-electron chi connectivity index (χ1n) is 8.87. The first-order valence-corrected chi connectivity index (χ1v) is 8.87. The first kappa shape index (κ1) is 18.7. The molecule has 0 unspecified atom stereocenters. The molecule has 1 aliphatic rings. The zero-order valence-corrected chi connectivity index (χ0v) is 15.9. The van der Waals surface area contributed by atoms with Crippen molar-refractivity contribution in [3.63, 3.8) is 0 Å². The molecule has 0 spiro atoms. The molecule has 27 heavy (non-hydrogen) atoms. The zero-order valence-electron chi connectivity index (χ0n) is 15.9. The average molecular weight is 368 g/mol. The second-order valence-corrected chi connectivity index (χ2v) is 6.60. The number of aryl methyl sites for hydroxylation is 2. The van der Waals surface area contributed by atoms with E-state index >= 15 is 0 Å². The van der Waals surface area contributed by atoms with E-state index in [1.807, 2.05) is 50.2 Å². The minimum absolute atomic E-state index is 0.0636. The minimum atomic E-state index is -0.280. The number of aromatic nitrogens is 1. The van der Waals surface area contributed by atoms with Crippen molar-refractivity contribution < 1.29 is 14.3 Å². The van der Waals surface area contributed by atoms with Gasteiger partial charge in [0.2, 0.25) is 5.91 Å². The van der Waals surface area contributed by atoms with E-state index in [1.165, 1.54) is 4.90 Å². The van der Waals surface area contributed by atoms with E-state index in [-0.39, 0.29) is 18.5 Å². The van der Waals surface area contributed by atoms with Crippen LogP contribution in [0, 0.1) is 13.8 Å².